The normalized spacial score (nSPS) is 11.3. The van der Waals surface area contributed by atoms with E-state index in [0.717, 1.165) is 23.1 Å². The number of hydrogen-bond donors (Lipinski definition) is 3. The molecule has 11 heteroatoms. The van der Waals surface area contributed by atoms with Crippen molar-refractivity contribution < 1.29 is 18.3 Å². The maximum absolute atomic E-state index is 11.1. The number of carboxylic acids is 1. The molecule has 0 aliphatic carbocycles. The SMILES string of the molecule is CNS(=O)(=O)Nc1nnc(SCC(=O)O)s1. The van der Waals surface area contributed by atoms with E-state index in [-0.39, 0.29) is 10.9 Å². The minimum atomic E-state index is -3.61. The molecular formula is C5H8N4O4S3. The lowest BCUT2D eigenvalue weighted by Crippen LogP contribution is -2.26. The Balaban J connectivity index is 2.62. The summed E-state index contributed by atoms with van der Waals surface area (Å²) in [6.45, 7) is 0. The number of carboxylic acid groups (broad SMARTS) is 1. The van der Waals surface area contributed by atoms with Crippen molar-refractivity contribution in [2.75, 3.05) is 17.5 Å². The molecule has 8 nitrogen and oxygen atoms in total. The Bertz CT molecular complexity index is 470. The van der Waals surface area contributed by atoms with Crippen molar-refractivity contribution in [1.29, 1.82) is 0 Å². The number of aliphatic carboxylic acids is 1. The van der Waals surface area contributed by atoms with Gasteiger partial charge in [-0.2, -0.15) is 8.42 Å². The second-order valence-corrected chi connectivity index (χ2v) is 6.18. The molecule has 16 heavy (non-hydrogen) atoms. The number of hydrogen-bond acceptors (Lipinski definition) is 7. The van der Waals surface area contributed by atoms with Gasteiger partial charge in [0.25, 0.3) is 0 Å². The highest BCUT2D eigenvalue weighted by Gasteiger charge is 2.12. The molecule has 0 aromatic carbocycles. The van der Waals surface area contributed by atoms with Crippen LogP contribution < -0.4 is 9.44 Å². The molecule has 0 amide bonds. The zero-order valence-corrected chi connectivity index (χ0v) is 10.4. The van der Waals surface area contributed by atoms with E-state index in [0.29, 0.717) is 4.34 Å². The third-order valence-electron chi connectivity index (χ3n) is 1.22. The molecule has 1 aromatic heterocycles. The fraction of sp³-hybridized carbons (Fsp3) is 0.400. The number of thioether (sulfide) groups is 1. The van der Waals surface area contributed by atoms with Gasteiger partial charge in [-0.15, -0.1) is 10.2 Å². The van der Waals surface area contributed by atoms with Gasteiger partial charge in [0.15, 0.2) is 4.34 Å². The lowest BCUT2D eigenvalue weighted by molar-refractivity contribution is -0.133. The summed E-state index contributed by atoms with van der Waals surface area (Å²) in [5.41, 5.74) is 0. The molecule has 3 N–H and O–H groups in total. The maximum Gasteiger partial charge on any atom is 0.313 e. The van der Waals surface area contributed by atoms with Gasteiger partial charge in [-0.05, 0) is 0 Å². The largest absolute Gasteiger partial charge is 0.481 e. The highest BCUT2D eigenvalue weighted by Crippen LogP contribution is 2.25. The summed E-state index contributed by atoms with van der Waals surface area (Å²) in [6, 6.07) is 0. The van der Waals surface area contributed by atoms with E-state index in [4.69, 9.17) is 5.11 Å². The van der Waals surface area contributed by atoms with Crippen LogP contribution in [0.1, 0.15) is 0 Å². The second kappa shape index (κ2) is 5.43. The van der Waals surface area contributed by atoms with Gasteiger partial charge in [0.2, 0.25) is 5.13 Å². The molecule has 90 valence electrons. The van der Waals surface area contributed by atoms with E-state index in [1.54, 1.807) is 0 Å². The van der Waals surface area contributed by atoms with Crippen LogP contribution in [0.5, 0.6) is 0 Å². The van der Waals surface area contributed by atoms with E-state index >= 15 is 0 Å². The van der Waals surface area contributed by atoms with Crippen molar-refractivity contribution in [3.8, 4) is 0 Å². The summed E-state index contributed by atoms with van der Waals surface area (Å²) in [5.74, 6) is -1.12. The summed E-state index contributed by atoms with van der Waals surface area (Å²) in [7, 11) is -2.35. The summed E-state index contributed by atoms with van der Waals surface area (Å²) >= 11 is 1.94. The first-order valence-corrected chi connectivity index (χ1v) is 7.11. The molecule has 0 saturated carbocycles. The quantitative estimate of drug-likeness (QED) is 0.607. The van der Waals surface area contributed by atoms with Crippen LogP contribution >= 0.6 is 23.1 Å². The fourth-order valence-corrected chi connectivity index (χ4v) is 2.79. The Morgan fingerprint density at radius 2 is 2.25 bits per heavy atom. The number of carbonyl (C=O) groups is 1. The van der Waals surface area contributed by atoms with E-state index in [1.807, 2.05) is 4.72 Å². The molecule has 0 aliphatic heterocycles. The number of nitrogens with zero attached hydrogens (tertiary/aromatic N) is 2. The Morgan fingerprint density at radius 1 is 1.56 bits per heavy atom. The Hall–Kier alpha value is -0.910. The number of nitrogens with one attached hydrogen (secondary N) is 2. The standard InChI is InChI=1S/C5H8N4O4S3/c1-6-16(12,13)9-4-7-8-5(15-4)14-2-3(10)11/h6H,2H2,1H3,(H,7,9)(H,10,11). The Kier molecular flexibility index (Phi) is 4.46. The van der Waals surface area contributed by atoms with Gasteiger partial charge in [0.05, 0.1) is 5.75 Å². The van der Waals surface area contributed by atoms with Crippen LogP contribution in [-0.2, 0) is 15.0 Å². The Morgan fingerprint density at radius 3 is 2.81 bits per heavy atom. The average molecular weight is 284 g/mol. The predicted molar refractivity (Wildman–Crippen MR) is 59.9 cm³/mol. The van der Waals surface area contributed by atoms with Crippen molar-refractivity contribution in [2.45, 2.75) is 4.34 Å². The fourth-order valence-electron chi connectivity index (χ4n) is 0.599. The molecule has 0 saturated heterocycles. The van der Waals surface area contributed by atoms with Crippen molar-refractivity contribution in [1.82, 2.24) is 14.9 Å². The van der Waals surface area contributed by atoms with Crippen LogP contribution in [0.3, 0.4) is 0 Å². The minimum Gasteiger partial charge on any atom is -0.481 e. The van der Waals surface area contributed by atoms with Crippen molar-refractivity contribution >= 4 is 44.4 Å². The molecule has 0 spiro atoms. The van der Waals surface area contributed by atoms with Gasteiger partial charge in [0, 0.05) is 7.05 Å². The summed E-state index contributed by atoms with van der Waals surface area (Å²) < 4.78 is 26.7. The minimum absolute atomic E-state index is 0.0854. The number of rotatable bonds is 6. The molecular weight excluding hydrogens is 276 g/mol. The van der Waals surface area contributed by atoms with Crippen LogP contribution in [0.4, 0.5) is 5.13 Å². The van der Waals surface area contributed by atoms with E-state index in [1.165, 1.54) is 7.05 Å². The molecule has 1 heterocycles. The van der Waals surface area contributed by atoms with Crippen molar-refractivity contribution in [3.05, 3.63) is 0 Å². The molecule has 0 atom stereocenters. The van der Waals surface area contributed by atoms with Crippen LogP contribution in [-0.4, -0.2) is 42.5 Å². The van der Waals surface area contributed by atoms with Crippen LogP contribution in [0.25, 0.3) is 0 Å². The summed E-state index contributed by atoms with van der Waals surface area (Å²) in [4.78, 5) is 10.3. The smallest absolute Gasteiger partial charge is 0.313 e. The van der Waals surface area contributed by atoms with Crippen molar-refractivity contribution in [3.63, 3.8) is 0 Å². The number of anilines is 1. The van der Waals surface area contributed by atoms with Crippen molar-refractivity contribution in [2.24, 2.45) is 0 Å². The van der Waals surface area contributed by atoms with Crippen LogP contribution in [0.2, 0.25) is 0 Å². The van der Waals surface area contributed by atoms with Gasteiger partial charge in [-0.3, -0.25) is 4.79 Å². The molecule has 0 unspecified atom stereocenters. The molecule has 0 fully saturated rings. The lowest BCUT2D eigenvalue weighted by Gasteiger charge is -1.99. The lowest BCUT2D eigenvalue weighted by atomic mass is 10.8. The highest BCUT2D eigenvalue weighted by molar-refractivity contribution is 8.01. The Labute approximate surface area is 99.6 Å². The molecule has 0 radical (unpaired) electrons. The summed E-state index contributed by atoms with van der Waals surface area (Å²) in [6.07, 6.45) is 0. The zero-order valence-electron chi connectivity index (χ0n) is 8.00. The van der Waals surface area contributed by atoms with Gasteiger partial charge < -0.3 is 5.11 Å². The third-order valence-corrected chi connectivity index (χ3v) is 4.30. The van der Waals surface area contributed by atoms with Crippen LogP contribution in [0, 0.1) is 0 Å². The first kappa shape index (κ1) is 13.2. The molecule has 1 aromatic rings. The molecule has 0 bridgehead atoms. The van der Waals surface area contributed by atoms with E-state index in [2.05, 4.69) is 14.9 Å². The van der Waals surface area contributed by atoms with Gasteiger partial charge in [-0.1, -0.05) is 23.1 Å². The van der Waals surface area contributed by atoms with E-state index < -0.39 is 16.2 Å². The first-order chi connectivity index (χ1) is 7.43. The average Bonchev–Trinajstić information content (AvgIpc) is 2.62. The third kappa shape index (κ3) is 4.30. The maximum atomic E-state index is 11.1. The van der Waals surface area contributed by atoms with Gasteiger partial charge in [0.1, 0.15) is 0 Å². The van der Waals surface area contributed by atoms with Gasteiger partial charge in [-0.25, -0.2) is 9.44 Å². The second-order valence-electron chi connectivity index (χ2n) is 2.37. The van der Waals surface area contributed by atoms with Crippen LogP contribution in [0.15, 0.2) is 4.34 Å². The summed E-state index contributed by atoms with van der Waals surface area (Å²) in [5, 5.41) is 15.7. The first-order valence-electron chi connectivity index (χ1n) is 3.82. The number of aromatic nitrogens is 2. The topological polar surface area (TPSA) is 121 Å². The highest BCUT2D eigenvalue weighted by atomic mass is 32.2. The van der Waals surface area contributed by atoms with Gasteiger partial charge >= 0.3 is 16.2 Å². The monoisotopic (exact) mass is 284 g/mol. The zero-order chi connectivity index (χ0) is 12.2. The molecule has 0 aliphatic rings. The van der Waals surface area contributed by atoms with E-state index in [9.17, 15) is 13.2 Å². The molecule has 1 rings (SSSR count). The predicted octanol–water partition coefficient (Wildman–Crippen LogP) is -0.409.